The monoisotopic (exact) mass is 378 g/mol. The van der Waals surface area contributed by atoms with Crippen molar-refractivity contribution in [3.05, 3.63) is 101 Å². The number of hydrogen-bond donors (Lipinski definition) is 0. The number of esters is 1. The molecule has 3 aromatic rings. The summed E-state index contributed by atoms with van der Waals surface area (Å²) in [4.78, 5) is 13.5. The van der Waals surface area contributed by atoms with Gasteiger partial charge in [-0.25, -0.2) is 0 Å². The van der Waals surface area contributed by atoms with Crippen molar-refractivity contribution < 1.29 is 9.53 Å². The second-order valence-electron chi connectivity index (χ2n) is 7.00. The van der Waals surface area contributed by atoms with E-state index in [0.29, 0.717) is 17.2 Å². The predicted molar refractivity (Wildman–Crippen MR) is 110 cm³/mol. The molecular formula is C24H23ClO2. The average Bonchev–Trinajstić information content (AvgIpc) is 2.68. The Morgan fingerprint density at radius 2 is 1.44 bits per heavy atom. The van der Waals surface area contributed by atoms with Crippen LogP contribution in [0.15, 0.2) is 84.9 Å². The Morgan fingerprint density at radius 3 is 2.00 bits per heavy atom. The van der Waals surface area contributed by atoms with Crippen LogP contribution < -0.4 is 4.74 Å². The second kappa shape index (κ2) is 8.41. The first kappa shape index (κ1) is 19.2. The van der Waals surface area contributed by atoms with Crippen molar-refractivity contribution in [1.82, 2.24) is 0 Å². The molecule has 1 atom stereocenters. The number of carbonyl (C=O) groups excluding carboxylic acids is 1. The van der Waals surface area contributed by atoms with Gasteiger partial charge in [-0.2, -0.15) is 0 Å². The first-order valence-corrected chi connectivity index (χ1v) is 9.47. The molecule has 0 aliphatic rings. The van der Waals surface area contributed by atoms with E-state index in [4.69, 9.17) is 16.3 Å². The van der Waals surface area contributed by atoms with E-state index in [1.165, 1.54) is 0 Å². The molecule has 3 aromatic carbocycles. The molecule has 0 fully saturated rings. The third-order valence-electron chi connectivity index (χ3n) is 4.99. The maximum atomic E-state index is 13.5. The molecule has 2 nitrogen and oxygen atoms in total. The van der Waals surface area contributed by atoms with Crippen molar-refractivity contribution in [3.8, 4) is 5.75 Å². The highest BCUT2D eigenvalue weighted by Gasteiger charge is 2.45. The van der Waals surface area contributed by atoms with Gasteiger partial charge in [-0.1, -0.05) is 86.1 Å². The van der Waals surface area contributed by atoms with Crippen molar-refractivity contribution in [3.63, 3.8) is 0 Å². The summed E-state index contributed by atoms with van der Waals surface area (Å²) < 4.78 is 5.83. The number of halogens is 1. The van der Waals surface area contributed by atoms with E-state index in [1.54, 1.807) is 12.1 Å². The minimum Gasteiger partial charge on any atom is -0.426 e. The van der Waals surface area contributed by atoms with Gasteiger partial charge in [0, 0.05) is 5.02 Å². The third kappa shape index (κ3) is 4.23. The smallest absolute Gasteiger partial charge is 0.322 e. The zero-order valence-electron chi connectivity index (χ0n) is 15.6. The maximum Gasteiger partial charge on any atom is 0.322 e. The molecular weight excluding hydrogens is 356 g/mol. The summed E-state index contributed by atoms with van der Waals surface area (Å²) in [7, 11) is 0. The molecule has 0 aromatic heterocycles. The van der Waals surface area contributed by atoms with Crippen molar-refractivity contribution in [2.75, 3.05) is 0 Å². The van der Waals surface area contributed by atoms with Gasteiger partial charge in [-0.05, 0) is 47.7 Å². The summed E-state index contributed by atoms with van der Waals surface area (Å²) in [5.74, 6) is 0.319. The Hall–Kier alpha value is -2.58. The van der Waals surface area contributed by atoms with Crippen LogP contribution in [0.3, 0.4) is 0 Å². The normalized spacial score (nSPS) is 13.2. The van der Waals surface area contributed by atoms with Gasteiger partial charge in [0.15, 0.2) is 0 Å². The van der Waals surface area contributed by atoms with Gasteiger partial charge in [0.2, 0.25) is 0 Å². The molecule has 0 saturated heterocycles. The number of benzene rings is 3. The van der Waals surface area contributed by atoms with E-state index in [-0.39, 0.29) is 11.9 Å². The third-order valence-corrected chi connectivity index (χ3v) is 5.24. The molecule has 0 heterocycles. The van der Waals surface area contributed by atoms with Crippen molar-refractivity contribution in [1.29, 1.82) is 0 Å². The van der Waals surface area contributed by atoms with Crippen molar-refractivity contribution in [2.45, 2.75) is 25.7 Å². The Morgan fingerprint density at radius 1 is 0.889 bits per heavy atom. The summed E-state index contributed by atoms with van der Waals surface area (Å²) in [6.45, 7) is 4.12. The summed E-state index contributed by atoms with van der Waals surface area (Å²) in [5, 5.41) is 0.646. The highest BCUT2D eigenvalue weighted by atomic mass is 35.5. The van der Waals surface area contributed by atoms with Crippen LogP contribution >= 0.6 is 11.6 Å². The molecule has 0 saturated carbocycles. The highest BCUT2D eigenvalue weighted by Crippen LogP contribution is 2.38. The zero-order chi connectivity index (χ0) is 19.3. The SMILES string of the molecule is CC(C)C(Cc1ccccc1)(C(=O)Oc1ccccc1)c1ccc(Cl)cc1. The van der Waals surface area contributed by atoms with Gasteiger partial charge < -0.3 is 4.74 Å². The summed E-state index contributed by atoms with van der Waals surface area (Å²) in [5.41, 5.74) is 1.18. The van der Waals surface area contributed by atoms with Crippen LogP contribution in [0.2, 0.25) is 5.02 Å². The second-order valence-corrected chi connectivity index (χ2v) is 7.43. The molecule has 0 bridgehead atoms. The van der Waals surface area contributed by atoms with Gasteiger partial charge in [0.05, 0.1) is 5.41 Å². The standard InChI is InChI=1S/C24H23ClO2/c1-18(2)24(17-19-9-5-3-6-10-19,20-13-15-21(25)16-14-20)23(26)27-22-11-7-4-8-12-22/h3-16,18H,17H2,1-2H3. The van der Waals surface area contributed by atoms with Crippen LogP contribution in [0.4, 0.5) is 0 Å². The minimum absolute atomic E-state index is 0.0232. The fourth-order valence-electron chi connectivity index (χ4n) is 3.42. The highest BCUT2D eigenvalue weighted by molar-refractivity contribution is 6.30. The van der Waals surface area contributed by atoms with Crippen molar-refractivity contribution >= 4 is 17.6 Å². The fraction of sp³-hybridized carbons (Fsp3) is 0.208. The van der Waals surface area contributed by atoms with Crippen LogP contribution in [0.25, 0.3) is 0 Å². The van der Waals surface area contributed by atoms with E-state index in [9.17, 15) is 4.79 Å². The lowest BCUT2D eigenvalue weighted by molar-refractivity contribution is -0.143. The van der Waals surface area contributed by atoms with Gasteiger partial charge >= 0.3 is 5.97 Å². The van der Waals surface area contributed by atoms with E-state index >= 15 is 0 Å². The van der Waals surface area contributed by atoms with Crippen molar-refractivity contribution in [2.24, 2.45) is 5.92 Å². The number of rotatable bonds is 6. The summed E-state index contributed by atoms with van der Waals surface area (Å²) in [6, 6.07) is 26.8. The van der Waals surface area contributed by atoms with Gasteiger partial charge in [0.1, 0.15) is 5.75 Å². The van der Waals surface area contributed by atoms with Gasteiger partial charge in [-0.3, -0.25) is 4.79 Å². The lowest BCUT2D eigenvalue weighted by Gasteiger charge is -2.36. The fourth-order valence-corrected chi connectivity index (χ4v) is 3.54. The number of ether oxygens (including phenoxy) is 1. The van der Waals surface area contributed by atoms with Crippen LogP contribution in [-0.2, 0) is 16.6 Å². The Kier molecular flexibility index (Phi) is 5.98. The predicted octanol–water partition coefficient (Wildman–Crippen LogP) is 6.08. The first-order valence-electron chi connectivity index (χ1n) is 9.09. The molecule has 0 aliphatic carbocycles. The molecule has 138 valence electrons. The topological polar surface area (TPSA) is 26.3 Å². The summed E-state index contributed by atoms with van der Waals surface area (Å²) in [6.07, 6.45) is 0.554. The van der Waals surface area contributed by atoms with E-state index in [0.717, 1.165) is 11.1 Å². The maximum absolute atomic E-state index is 13.5. The molecule has 1 unspecified atom stereocenters. The quantitative estimate of drug-likeness (QED) is 0.383. The minimum atomic E-state index is -0.818. The lowest BCUT2D eigenvalue weighted by atomic mass is 9.68. The molecule has 0 amide bonds. The van der Waals surface area contributed by atoms with E-state index in [1.807, 2.05) is 72.8 Å². The van der Waals surface area contributed by atoms with E-state index in [2.05, 4.69) is 13.8 Å². The molecule has 3 rings (SSSR count). The Balaban J connectivity index is 2.07. The van der Waals surface area contributed by atoms with Gasteiger partial charge in [-0.15, -0.1) is 0 Å². The lowest BCUT2D eigenvalue weighted by Crippen LogP contribution is -2.45. The van der Waals surface area contributed by atoms with Gasteiger partial charge in [0.25, 0.3) is 0 Å². The largest absolute Gasteiger partial charge is 0.426 e. The molecule has 0 radical (unpaired) electrons. The molecule has 27 heavy (non-hydrogen) atoms. The number of carbonyl (C=O) groups is 1. The van der Waals surface area contributed by atoms with Crippen LogP contribution in [0.1, 0.15) is 25.0 Å². The average molecular weight is 379 g/mol. The molecule has 0 spiro atoms. The van der Waals surface area contributed by atoms with Crippen LogP contribution in [0, 0.1) is 5.92 Å². The molecule has 3 heteroatoms. The molecule has 0 aliphatic heterocycles. The zero-order valence-corrected chi connectivity index (χ0v) is 16.3. The number of para-hydroxylation sites is 1. The summed E-state index contributed by atoms with van der Waals surface area (Å²) >= 11 is 6.09. The Labute approximate surface area is 165 Å². The number of hydrogen-bond acceptors (Lipinski definition) is 2. The first-order chi connectivity index (χ1) is 13.0. The Bertz CT molecular complexity index is 873. The van der Waals surface area contributed by atoms with Crippen LogP contribution in [-0.4, -0.2) is 5.97 Å². The van der Waals surface area contributed by atoms with E-state index < -0.39 is 5.41 Å². The van der Waals surface area contributed by atoms with Crippen LogP contribution in [0.5, 0.6) is 5.75 Å². The molecule has 0 N–H and O–H groups in total.